The van der Waals surface area contributed by atoms with Gasteiger partial charge >= 0.3 is 5.97 Å². The van der Waals surface area contributed by atoms with Crippen molar-refractivity contribution in [3.8, 4) is 0 Å². The van der Waals surface area contributed by atoms with Gasteiger partial charge in [-0.15, -0.1) is 11.8 Å². The quantitative estimate of drug-likeness (QED) is 0.929. The van der Waals surface area contributed by atoms with Gasteiger partial charge in [0.2, 0.25) is 0 Å². The number of aliphatic carboxylic acids is 1. The predicted molar refractivity (Wildman–Crippen MR) is 79.9 cm³/mol. The highest BCUT2D eigenvalue weighted by atomic mass is 35.5. The van der Waals surface area contributed by atoms with E-state index in [1.807, 2.05) is 31.2 Å². The number of pyridine rings is 1. The molecular formula is C14H14ClNO2S. The standard InChI is InChI=1S/C14H14ClNO2S/c1-8-10-5-3-4-6-11(10)16-12(13(8)15)7-19-9(2)14(17)18/h3-6,9H,7H2,1-2H3,(H,17,18). The lowest BCUT2D eigenvalue weighted by Gasteiger charge is -2.11. The summed E-state index contributed by atoms with van der Waals surface area (Å²) >= 11 is 7.63. The summed E-state index contributed by atoms with van der Waals surface area (Å²) in [5, 5.41) is 10.1. The zero-order chi connectivity index (χ0) is 14.0. The van der Waals surface area contributed by atoms with E-state index >= 15 is 0 Å². The van der Waals surface area contributed by atoms with Crippen molar-refractivity contribution in [1.82, 2.24) is 4.98 Å². The third kappa shape index (κ3) is 3.01. The van der Waals surface area contributed by atoms with Crippen LogP contribution in [-0.4, -0.2) is 21.3 Å². The van der Waals surface area contributed by atoms with Crippen LogP contribution in [0, 0.1) is 6.92 Å². The smallest absolute Gasteiger partial charge is 0.316 e. The summed E-state index contributed by atoms with van der Waals surface area (Å²) in [7, 11) is 0. The number of hydrogen-bond donors (Lipinski definition) is 1. The van der Waals surface area contributed by atoms with E-state index in [4.69, 9.17) is 16.7 Å². The van der Waals surface area contributed by atoms with Crippen LogP contribution in [0.3, 0.4) is 0 Å². The van der Waals surface area contributed by atoms with E-state index in [0.717, 1.165) is 22.2 Å². The van der Waals surface area contributed by atoms with Crippen LogP contribution in [0.4, 0.5) is 0 Å². The molecule has 0 radical (unpaired) electrons. The Balaban J connectivity index is 2.33. The average molecular weight is 296 g/mol. The van der Waals surface area contributed by atoms with Gasteiger partial charge < -0.3 is 5.11 Å². The summed E-state index contributed by atoms with van der Waals surface area (Å²) in [6.45, 7) is 3.62. The fraction of sp³-hybridized carbons (Fsp3) is 0.286. The minimum Gasteiger partial charge on any atom is -0.480 e. The van der Waals surface area contributed by atoms with E-state index in [1.54, 1.807) is 6.92 Å². The van der Waals surface area contributed by atoms with Gasteiger partial charge in [0.05, 0.1) is 21.5 Å². The fourth-order valence-electron chi connectivity index (χ4n) is 1.79. The van der Waals surface area contributed by atoms with Crippen molar-refractivity contribution in [2.24, 2.45) is 0 Å². The van der Waals surface area contributed by atoms with Crippen LogP contribution >= 0.6 is 23.4 Å². The number of nitrogens with zero attached hydrogens (tertiary/aromatic N) is 1. The van der Waals surface area contributed by atoms with Crippen molar-refractivity contribution >= 4 is 40.2 Å². The first kappa shape index (κ1) is 14.2. The summed E-state index contributed by atoms with van der Waals surface area (Å²) in [5.74, 6) is -0.323. The molecule has 1 atom stereocenters. The number of rotatable bonds is 4. The van der Waals surface area contributed by atoms with Gasteiger partial charge in [-0.05, 0) is 25.5 Å². The molecule has 1 aromatic carbocycles. The zero-order valence-electron chi connectivity index (χ0n) is 10.7. The Kier molecular flexibility index (Phi) is 4.32. The zero-order valence-corrected chi connectivity index (χ0v) is 12.3. The molecule has 1 unspecified atom stereocenters. The van der Waals surface area contributed by atoms with Crippen LogP contribution in [0.25, 0.3) is 10.9 Å². The van der Waals surface area contributed by atoms with Crippen LogP contribution in [0.15, 0.2) is 24.3 Å². The van der Waals surface area contributed by atoms with Crippen LogP contribution in [0.1, 0.15) is 18.2 Å². The molecule has 1 N–H and O–H groups in total. The van der Waals surface area contributed by atoms with Crippen molar-refractivity contribution in [2.75, 3.05) is 0 Å². The second kappa shape index (κ2) is 5.80. The normalized spacial score (nSPS) is 12.6. The molecular weight excluding hydrogens is 282 g/mol. The number of aromatic nitrogens is 1. The third-order valence-corrected chi connectivity index (χ3v) is 4.61. The molecule has 0 saturated carbocycles. The Bertz CT molecular complexity index is 630. The molecule has 0 spiro atoms. The van der Waals surface area contributed by atoms with Gasteiger partial charge in [-0.25, -0.2) is 0 Å². The Labute approximate surface area is 121 Å². The van der Waals surface area contributed by atoms with Crippen LogP contribution in [0.2, 0.25) is 5.02 Å². The number of aryl methyl sites for hydroxylation is 1. The number of carbonyl (C=O) groups is 1. The van der Waals surface area contributed by atoms with Gasteiger partial charge in [0.25, 0.3) is 0 Å². The lowest BCUT2D eigenvalue weighted by molar-refractivity contribution is -0.136. The molecule has 3 nitrogen and oxygen atoms in total. The number of fused-ring (bicyclic) bond motifs is 1. The number of thioether (sulfide) groups is 1. The van der Waals surface area contributed by atoms with Gasteiger partial charge in [-0.2, -0.15) is 0 Å². The first-order chi connectivity index (χ1) is 9.00. The summed E-state index contributed by atoms with van der Waals surface area (Å²) in [6.07, 6.45) is 0. The molecule has 0 aliphatic carbocycles. The Morgan fingerprint density at radius 2 is 2.16 bits per heavy atom. The summed E-state index contributed by atoms with van der Waals surface area (Å²) < 4.78 is 0. The van der Waals surface area contributed by atoms with Crippen molar-refractivity contribution in [3.05, 3.63) is 40.5 Å². The topological polar surface area (TPSA) is 50.2 Å². The van der Waals surface area contributed by atoms with Gasteiger partial charge in [0.15, 0.2) is 0 Å². The fourth-order valence-corrected chi connectivity index (χ4v) is 2.84. The predicted octanol–water partition coefficient (Wildman–Crippen LogP) is 3.90. The molecule has 1 heterocycles. The maximum Gasteiger partial charge on any atom is 0.316 e. The highest BCUT2D eigenvalue weighted by Gasteiger charge is 2.15. The second-order valence-electron chi connectivity index (χ2n) is 4.31. The SMILES string of the molecule is Cc1c(Cl)c(CSC(C)C(=O)O)nc2ccccc12. The lowest BCUT2D eigenvalue weighted by atomic mass is 10.1. The Morgan fingerprint density at radius 1 is 1.47 bits per heavy atom. The summed E-state index contributed by atoms with van der Waals surface area (Å²) in [6, 6.07) is 7.81. The largest absolute Gasteiger partial charge is 0.480 e. The van der Waals surface area contributed by atoms with E-state index in [2.05, 4.69) is 4.98 Å². The molecule has 19 heavy (non-hydrogen) atoms. The number of halogens is 1. The second-order valence-corrected chi connectivity index (χ2v) is 6.01. The van der Waals surface area contributed by atoms with Crippen LogP contribution in [0.5, 0.6) is 0 Å². The molecule has 0 aliphatic rings. The molecule has 5 heteroatoms. The highest BCUT2D eigenvalue weighted by molar-refractivity contribution is 7.99. The number of benzene rings is 1. The maximum absolute atomic E-state index is 10.8. The van der Waals surface area contributed by atoms with Gasteiger partial charge in [-0.1, -0.05) is 29.8 Å². The van der Waals surface area contributed by atoms with Crippen molar-refractivity contribution in [3.63, 3.8) is 0 Å². The molecule has 0 fully saturated rings. The lowest BCUT2D eigenvalue weighted by Crippen LogP contribution is -2.12. The maximum atomic E-state index is 10.8. The van der Waals surface area contributed by atoms with Gasteiger partial charge in [-0.3, -0.25) is 9.78 Å². The molecule has 100 valence electrons. The molecule has 0 aliphatic heterocycles. The van der Waals surface area contributed by atoms with Crippen molar-refractivity contribution in [2.45, 2.75) is 24.9 Å². The van der Waals surface area contributed by atoms with Gasteiger partial charge in [0, 0.05) is 11.1 Å². The summed E-state index contributed by atoms with van der Waals surface area (Å²) in [4.78, 5) is 15.3. The minimum atomic E-state index is -0.821. The third-order valence-electron chi connectivity index (χ3n) is 2.96. The van der Waals surface area contributed by atoms with Crippen LogP contribution < -0.4 is 0 Å². The molecule has 2 aromatic rings. The molecule has 0 bridgehead atoms. The van der Waals surface area contributed by atoms with E-state index in [9.17, 15) is 4.79 Å². The van der Waals surface area contributed by atoms with E-state index < -0.39 is 11.2 Å². The first-order valence-electron chi connectivity index (χ1n) is 5.89. The number of hydrogen-bond acceptors (Lipinski definition) is 3. The van der Waals surface area contributed by atoms with Gasteiger partial charge in [0.1, 0.15) is 0 Å². The van der Waals surface area contributed by atoms with Crippen molar-refractivity contribution in [1.29, 1.82) is 0 Å². The number of carboxylic acids is 1. The van der Waals surface area contributed by atoms with Crippen LogP contribution in [-0.2, 0) is 10.5 Å². The molecule has 0 amide bonds. The molecule has 1 aromatic heterocycles. The average Bonchev–Trinajstić information content (AvgIpc) is 2.40. The Morgan fingerprint density at radius 3 is 2.84 bits per heavy atom. The summed E-state index contributed by atoms with van der Waals surface area (Å²) in [5.41, 5.74) is 2.63. The van der Waals surface area contributed by atoms with E-state index in [1.165, 1.54) is 11.8 Å². The minimum absolute atomic E-state index is 0.468. The highest BCUT2D eigenvalue weighted by Crippen LogP contribution is 2.30. The van der Waals surface area contributed by atoms with E-state index in [-0.39, 0.29) is 0 Å². The monoisotopic (exact) mass is 295 g/mol. The molecule has 2 rings (SSSR count). The Hall–Kier alpha value is -1.26. The number of carboxylic acid groups (broad SMARTS) is 1. The van der Waals surface area contributed by atoms with E-state index in [0.29, 0.717) is 10.8 Å². The molecule has 0 saturated heterocycles. The van der Waals surface area contributed by atoms with Crippen molar-refractivity contribution < 1.29 is 9.90 Å². The number of para-hydroxylation sites is 1. The first-order valence-corrected chi connectivity index (χ1v) is 7.31.